The van der Waals surface area contributed by atoms with Gasteiger partial charge in [0.1, 0.15) is 0 Å². The summed E-state index contributed by atoms with van der Waals surface area (Å²) in [4.78, 5) is 0. The van der Waals surface area contributed by atoms with Crippen molar-refractivity contribution in [3.63, 3.8) is 0 Å². The Labute approximate surface area is 123 Å². The lowest BCUT2D eigenvalue weighted by Crippen LogP contribution is -2.29. The van der Waals surface area contributed by atoms with Crippen LogP contribution in [-0.2, 0) is 24.4 Å². The molecule has 0 radical (unpaired) electrons. The van der Waals surface area contributed by atoms with Crippen molar-refractivity contribution in [2.75, 3.05) is 0 Å². The van der Waals surface area contributed by atoms with E-state index in [1.807, 2.05) is 6.92 Å². The summed E-state index contributed by atoms with van der Waals surface area (Å²) < 4.78 is 77.0. The summed E-state index contributed by atoms with van der Waals surface area (Å²) in [5.41, 5.74) is 0. The first-order valence-corrected chi connectivity index (χ1v) is 9.76. The normalized spacial score (nSPS) is 28.1. The Kier molecular flexibility index (Phi) is 6.48. The van der Waals surface area contributed by atoms with Crippen LogP contribution in [0.5, 0.6) is 0 Å². The van der Waals surface area contributed by atoms with E-state index in [1.54, 1.807) is 0 Å². The van der Waals surface area contributed by atoms with Gasteiger partial charge in [0, 0.05) is 0 Å². The van der Waals surface area contributed by atoms with Crippen LogP contribution in [0.15, 0.2) is 3.77 Å². The topological polar surface area (TPSA) is 72.8 Å². The van der Waals surface area contributed by atoms with Crippen LogP contribution in [0.3, 0.4) is 0 Å². The number of hydrogen-bond acceptors (Lipinski definition) is 4. The molecule has 0 N–H and O–H groups in total. The largest absolute Gasteiger partial charge is 0.346 e. The molecule has 2 unspecified atom stereocenters. The highest BCUT2D eigenvalue weighted by Gasteiger charge is 2.36. The molecule has 1 aliphatic carbocycles. The second-order valence-electron chi connectivity index (χ2n) is 5.35. The predicted octanol–water partition coefficient (Wildman–Crippen LogP) is 3.43. The van der Waals surface area contributed by atoms with Crippen LogP contribution in [0.1, 0.15) is 46.0 Å². The van der Waals surface area contributed by atoms with Crippen LogP contribution in [0.25, 0.3) is 0 Å². The van der Waals surface area contributed by atoms with Gasteiger partial charge in [0.15, 0.2) is 0 Å². The van der Waals surface area contributed by atoms with Gasteiger partial charge in [-0.25, -0.2) is 12.6 Å². The Morgan fingerprint density at radius 3 is 2.10 bits per heavy atom. The van der Waals surface area contributed by atoms with Gasteiger partial charge < -0.3 is 0 Å². The predicted molar refractivity (Wildman–Crippen MR) is 72.9 cm³/mol. The van der Waals surface area contributed by atoms with E-state index in [4.69, 9.17) is 0 Å². The van der Waals surface area contributed by atoms with Gasteiger partial charge in [-0.2, -0.15) is 8.78 Å². The molecule has 1 rings (SSSR count). The molecule has 0 aromatic carbocycles. The molecule has 0 spiro atoms. The molecule has 2 atom stereocenters. The van der Waals surface area contributed by atoms with Crippen LogP contribution in [-0.4, -0.2) is 23.6 Å². The Morgan fingerprint density at radius 2 is 1.71 bits per heavy atom. The van der Waals surface area contributed by atoms with Crippen molar-refractivity contribution < 1.29 is 30.3 Å². The fraction of sp³-hybridized carbons (Fsp3) is 1.00. The minimum absolute atomic E-state index is 0.242. The molecule has 0 bridgehead atoms. The Balaban J connectivity index is 2.88. The van der Waals surface area contributed by atoms with Crippen molar-refractivity contribution in [1.82, 2.24) is 0 Å². The highest BCUT2D eigenvalue weighted by atomic mass is 32.3. The van der Waals surface area contributed by atoms with Crippen molar-refractivity contribution >= 4 is 20.0 Å². The molecule has 0 aliphatic heterocycles. The van der Waals surface area contributed by atoms with Crippen LogP contribution in [0.4, 0.5) is 13.3 Å². The highest BCUT2D eigenvalue weighted by Crippen LogP contribution is 2.35. The first-order valence-electron chi connectivity index (χ1n) is 6.75. The van der Waals surface area contributed by atoms with Gasteiger partial charge >= 0.3 is 5.76 Å². The maximum Gasteiger partial charge on any atom is 0.346 e. The van der Waals surface area contributed by atoms with Gasteiger partial charge in [0.25, 0.3) is 20.0 Å². The summed E-state index contributed by atoms with van der Waals surface area (Å²) in [5.74, 6) is -3.00. The molecule has 1 fully saturated rings. The molecule has 5 nitrogen and oxygen atoms in total. The van der Waals surface area contributed by atoms with E-state index in [9.17, 15) is 25.9 Å². The first kappa shape index (κ1) is 18.7. The highest BCUT2D eigenvalue weighted by molar-refractivity contribution is 8.01. The Morgan fingerprint density at radius 1 is 1.19 bits per heavy atom. The molecule has 0 aromatic heterocycles. The smallest absolute Gasteiger partial charge is 0.211 e. The average Bonchev–Trinajstić information content (AvgIpc) is 2.45. The standard InChI is InChI=1S/C11H20F3NO4S2/c1-3-8(2)9-4-6-10(7-5-9)20(16,17)15-21(18,19-14)11(12)13/h8-11H,3-7H2,1-2H3. The number of halogens is 3. The van der Waals surface area contributed by atoms with E-state index in [1.165, 1.54) is 0 Å². The van der Waals surface area contributed by atoms with Gasteiger partial charge in [-0.3, -0.25) is 0 Å². The fourth-order valence-electron chi connectivity index (χ4n) is 2.57. The van der Waals surface area contributed by atoms with Gasteiger partial charge in [-0.15, -0.1) is 0 Å². The summed E-state index contributed by atoms with van der Waals surface area (Å²) >= 11 is 0. The van der Waals surface area contributed by atoms with Crippen molar-refractivity contribution in [1.29, 1.82) is 0 Å². The number of nitrogens with zero attached hydrogens (tertiary/aromatic N) is 1. The minimum atomic E-state index is -5.15. The van der Waals surface area contributed by atoms with Gasteiger partial charge in [0.2, 0.25) is 0 Å². The fourth-order valence-corrected chi connectivity index (χ4v) is 5.49. The monoisotopic (exact) mass is 351 g/mol. The molecule has 0 aromatic rings. The van der Waals surface area contributed by atoms with Gasteiger partial charge in [-0.1, -0.05) is 28.4 Å². The summed E-state index contributed by atoms with van der Waals surface area (Å²) in [7, 11) is -9.60. The second-order valence-corrected chi connectivity index (χ2v) is 9.16. The van der Waals surface area contributed by atoms with E-state index < -0.39 is 31.0 Å². The van der Waals surface area contributed by atoms with Crippen molar-refractivity contribution in [3.8, 4) is 0 Å². The molecule has 21 heavy (non-hydrogen) atoms. The van der Waals surface area contributed by atoms with Crippen LogP contribution in [0, 0.1) is 11.8 Å². The molecule has 10 heteroatoms. The second kappa shape index (κ2) is 7.28. The van der Waals surface area contributed by atoms with Crippen molar-refractivity contribution in [3.05, 3.63) is 0 Å². The van der Waals surface area contributed by atoms with Crippen LogP contribution in [0.2, 0.25) is 0 Å². The zero-order valence-electron chi connectivity index (χ0n) is 11.9. The molecule has 0 amide bonds. The summed E-state index contributed by atoms with van der Waals surface area (Å²) in [6.45, 7) is 4.11. The Bertz CT molecular complexity index is 550. The maximum atomic E-state index is 12.4. The quantitative estimate of drug-likeness (QED) is 0.735. The molecule has 1 aliphatic rings. The van der Waals surface area contributed by atoms with Gasteiger partial charge in [-0.05, 0) is 42.0 Å². The third kappa shape index (κ3) is 4.56. The zero-order chi connectivity index (χ0) is 16.3. The van der Waals surface area contributed by atoms with Crippen molar-refractivity contribution in [2.45, 2.75) is 57.0 Å². The third-order valence-electron chi connectivity index (χ3n) is 4.11. The van der Waals surface area contributed by atoms with E-state index in [-0.39, 0.29) is 12.8 Å². The molecule has 1 saturated carbocycles. The van der Waals surface area contributed by atoms with Crippen LogP contribution < -0.4 is 0 Å². The van der Waals surface area contributed by atoms with E-state index in [0.29, 0.717) is 24.7 Å². The molecule has 126 valence electrons. The minimum Gasteiger partial charge on any atom is -0.211 e. The molecular formula is C11H20F3NO4S2. The number of alkyl halides is 2. The lowest BCUT2D eigenvalue weighted by atomic mass is 9.80. The lowest BCUT2D eigenvalue weighted by Gasteiger charge is -2.30. The van der Waals surface area contributed by atoms with Crippen LogP contribution >= 0.6 is 0 Å². The summed E-state index contributed by atoms with van der Waals surface area (Å²) in [6.07, 6.45) is 2.71. The SMILES string of the molecule is CCC(C)C1CCC(S(=O)(=O)N=S(=O)(OF)C(F)F)CC1. The van der Waals surface area contributed by atoms with Crippen molar-refractivity contribution in [2.24, 2.45) is 15.6 Å². The average molecular weight is 351 g/mol. The first-order chi connectivity index (χ1) is 9.66. The number of rotatable bonds is 6. The summed E-state index contributed by atoms with van der Waals surface area (Å²) in [5, 5.41) is -1.01. The van der Waals surface area contributed by atoms with E-state index in [0.717, 1.165) is 6.42 Å². The van der Waals surface area contributed by atoms with Gasteiger partial charge in [0.05, 0.1) is 5.25 Å². The molecule has 0 heterocycles. The lowest BCUT2D eigenvalue weighted by molar-refractivity contribution is -0.000791. The Hall–Kier alpha value is -0.350. The number of sulfonamides is 1. The third-order valence-corrected chi connectivity index (χ3v) is 7.72. The summed E-state index contributed by atoms with van der Waals surface area (Å²) in [6, 6.07) is 0. The van der Waals surface area contributed by atoms with E-state index >= 15 is 0 Å². The maximum absolute atomic E-state index is 12.4. The zero-order valence-corrected chi connectivity index (χ0v) is 13.5. The molecular weight excluding hydrogens is 331 g/mol. The van der Waals surface area contributed by atoms with E-state index in [2.05, 4.69) is 15.1 Å². The number of hydrogen-bond donors (Lipinski definition) is 0. The molecule has 0 saturated heterocycles.